The Balaban J connectivity index is 1.91. The van der Waals surface area contributed by atoms with E-state index in [0.29, 0.717) is 10.6 Å². The lowest BCUT2D eigenvalue weighted by Crippen LogP contribution is -2.40. The van der Waals surface area contributed by atoms with Gasteiger partial charge in [-0.05, 0) is 36.8 Å². The summed E-state index contributed by atoms with van der Waals surface area (Å²) in [6.45, 7) is 1.73. The molecule has 2 rings (SSSR count). The van der Waals surface area contributed by atoms with Gasteiger partial charge in [-0.1, -0.05) is 30.3 Å². The Morgan fingerprint density at radius 2 is 1.74 bits per heavy atom. The average Bonchev–Trinajstić information content (AvgIpc) is 2.54. The van der Waals surface area contributed by atoms with Gasteiger partial charge in [0.2, 0.25) is 0 Å². The lowest BCUT2D eigenvalue weighted by atomic mass is 9.96. The number of urea groups is 1. The summed E-state index contributed by atoms with van der Waals surface area (Å²) in [5.41, 5.74) is 0.174. The van der Waals surface area contributed by atoms with E-state index < -0.39 is 22.4 Å². The summed E-state index contributed by atoms with van der Waals surface area (Å²) in [7, 11) is -1.05. The maximum absolute atomic E-state index is 11.9. The minimum Gasteiger partial charge on any atom is -0.384 e. The van der Waals surface area contributed by atoms with E-state index in [4.69, 9.17) is 0 Å². The molecule has 0 spiro atoms. The molecule has 0 saturated heterocycles. The highest BCUT2D eigenvalue weighted by Crippen LogP contribution is 2.19. The summed E-state index contributed by atoms with van der Waals surface area (Å²) >= 11 is 0. The molecule has 0 heterocycles. The molecule has 2 amide bonds. The molecule has 5 nitrogen and oxygen atoms in total. The van der Waals surface area contributed by atoms with Gasteiger partial charge < -0.3 is 15.7 Å². The molecular weight excluding hydrogens is 312 g/mol. The Morgan fingerprint density at radius 1 is 1.13 bits per heavy atom. The van der Waals surface area contributed by atoms with Gasteiger partial charge >= 0.3 is 6.03 Å². The van der Waals surface area contributed by atoms with Gasteiger partial charge in [-0.2, -0.15) is 0 Å². The van der Waals surface area contributed by atoms with E-state index in [9.17, 15) is 14.1 Å². The maximum atomic E-state index is 11.9. The molecule has 2 unspecified atom stereocenters. The molecule has 6 heteroatoms. The predicted molar refractivity (Wildman–Crippen MR) is 91.8 cm³/mol. The summed E-state index contributed by atoms with van der Waals surface area (Å²) in [6.07, 6.45) is 1.60. The molecule has 23 heavy (non-hydrogen) atoms. The van der Waals surface area contributed by atoms with Gasteiger partial charge in [0.05, 0.1) is 6.54 Å². The molecular formula is C17H20N2O3S. The largest absolute Gasteiger partial charge is 0.384 e. The number of carbonyl (C=O) groups is 1. The Labute approximate surface area is 138 Å². The Kier molecular flexibility index (Phi) is 5.52. The van der Waals surface area contributed by atoms with Crippen molar-refractivity contribution < 1.29 is 14.1 Å². The number of carbonyl (C=O) groups excluding carboxylic acids is 1. The summed E-state index contributed by atoms with van der Waals surface area (Å²) in [4.78, 5) is 12.6. The van der Waals surface area contributed by atoms with Crippen molar-refractivity contribution in [2.45, 2.75) is 17.4 Å². The number of rotatable bonds is 5. The Hall–Kier alpha value is -2.18. The molecule has 0 radical (unpaired) electrons. The normalized spacial score (nSPS) is 14.6. The SMILES string of the molecule is CS(=O)c1ccc(NC(=O)NCC(C)(O)c2ccccc2)cc1. The summed E-state index contributed by atoms with van der Waals surface area (Å²) < 4.78 is 11.3. The van der Waals surface area contributed by atoms with Gasteiger partial charge in [-0.25, -0.2) is 4.79 Å². The van der Waals surface area contributed by atoms with Crippen LogP contribution in [-0.2, 0) is 16.4 Å². The van der Waals surface area contributed by atoms with Crippen LogP contribution in [0.3, 0.4) is 0 Å². The van der Waals surface area contributed by atoms with E-state index in [0.717, 1.165) is 5.56 Å². The number of aliphatic hydroxyl groups is 1. The fourth-order valence-electron chi connectivity index (χ4n) is 2.06. The summed E-state index contributed by atoms with van der Waals surface area (Å²) in [5.74, 6) is 0. The van der Waals surface area contributed by atoms with E-state index in [2.05, 4.69) is 10.6 Å². The third-order valence-electron chi connectivity index (χ3n) is 3.43. The van der Waals surface area contributed by atoms with Crippen LogP contribution < -0.4 is 10.6 Å². The first-order chi connectivity index (χ1) is 10.9. The van der Waals surface area contributed by atoms with Crippen LogP contribution in [0.25, 0.3) is 0 Å². The van der Waals surface area contributed by atoms with Crippen molar-refractivity contribution in [3.8, 4) is 0 Å². The molecule has 0 aromatic heterocycles. The van der Waals surface area contributed by atoms with Crippen molar-refractivity contribution in [1.82, 2.24) is 5.32 Å². The number of benzene rings is 2. The lowest BCUT2D eigenvalue weighted by Gasteiger charge is -2.24. The first kappa shape index (κ1) is 17.2. The monoisotopic (exact) mass is 332 g/mol. The lowest BCUT2D eigenvalue weighted by molar-refractivity contribution is 0.0599. The average molecular weight is 332 g/mol. The van der Waals surface area contributed by atoms with Crippen LogP contribution in [0.1, 0.15) is 12.5 Å². The zero-order valence-electron chi connectivity index (χ0n) is 13.1. The number of anilines is 1. The molecule has 2 atom stereocenters. The Bertz CT molecular complexity index is 685. The summed E-state index contributed by atoms with van der Waals surface area (Å²) in [6, 6.07) is 15.5. The van der Waals surface area contributed by atoms with Gasteiger partial charge in [-0.15, -0.1) is 0 Å². The van der Waals surface area contributed by atoms with Gasteiger partial charge in [0.25, 0.3) is 0 Å². The molecule has 0 bridgehead atoms. The fraction of sp³-hybridized carbons (Fsp3) is 0.235. The van der Waals surface area contributed by atoms with Crippen LogP contribution in [0, 0.1) is 0 Å². The standard InChI is InChI=1S/C17H20N2O3S/c1-17(21,13-6-4-3-5-7-13)12-18-16(20)19-14-8-10-15(11-9-14)23(2)22/h3-11,21H,12H2,1-2H3,(H2,18,19,20). The zero-order valence-corrected chi connectivity index (χ0v) is 13.9. The second kappa shape index (κ2) is 7.39. The van der Waals surface area contributed by atoms with Gasteiger partial charge in [0, 0.05) is 27.6 Å². The first-order valence-electron chi connectivity index (χ1n) is 7.15. The van der Waals surface area contributed by atoms with E-state index in [1.165, 1.54) is 0 Å². The van der Waals surface area contributed by atoms with Crippen LogP contribution in [0.5, 0.6) is 0 Å². The fourth-order valence-corrected chi connectivity index (χ4v) is 2.58. The topological polar surface area (TPSA) is 78.4 Å². The third kappa shape index (κ3) is 4.91. The minimum absolute atomic E-state index is 0.0832. The summed E-state index contributed by atoms with van der Waals surface area (Å²) in [5, 5.41) is 15.7. The van der Waals surface area contributed by atoms with Crippen molar-refractivity contribution >= 4 is 22.5 Å². The molecule has 0 aliphatic heterocycles. The maximum Gasteiger partial charge on any atom is 0.319 e. The molecule has 0 saturated carbocycles. The van der Waals surface area contributed by atoms with Crippen LogP contribution in [0.4, 0.5) is 10.5 Å². The smallest absolute Gasteiger partial charge is 0.319 e. The second-order valence-corrected chi connectivity index (χ2v) is 6.81. The Morgan fingerprint density at radius 3 is 2.30 bits per heavy atom. The highest BCUT2D eigenvalue weighted by atomic mass is 32.2. The number of amides is 2. The van der Waals surface area contributed by atoms with Gasteiger partial charge in [-0.3, -0.25) is 4.21 Å². The van der Waals surface area contributed by atoms with Crippen molar-refractivity contribution in [3.63, 3.8) is 0 Å². The predicted octanol–water partition coefficient (Wildman–Crippen LogP) is 2.45. The number of hydrogen-bond donors (Lipinski definition) is 3. The van der Waals surface area contributed by atoms with E-state index >= 15 is 0 Å². The zero-order chi connectivity index (χ0) is 16.9. The van der Waals surface area contributed by atoms with Crippen molar-refractivity contribution in [1.29, 1.82) is 0 Å². The van der Waals surface area contributed by atoms with E-state index in [1.807, 2.05) is 30.3 Å². The molecule has 2 aromatic rings. The van der Waals surface area contributed by atoms with Crippen molar-refractivity contribution in [2.24, 2.45) is 0 Å². The van der Waals surface area contributed by atoms with Gasteiger partial charge in [0.15, 0.2) is 0 Å². The van der Waals surface area contributed by atoms with Crippen LogP contribution in [0.15, 0.2) is 59.5 Å². The van der Waals surface area contributed by atoms with Crippen molar-refractivity contribution in [3.05, 3.63) is 60.2 Å². The molecule has 0 fully saturated rings. The number of nitrogens with one attached hydrogen (secondary N) is 2. The highest BCUT2D eigenvalue weighted by Gasteiger charge is 2.23. The van der Waals surface area contributed by atoms with Gasteiger partial charge in [0.1, 0.15) is 5.60 Å². The first-order valence-corrected chi connectivity index (χ1v) is 8.70. The third-order valence-corrected chi connectivity index (χ3v) is 4.37. The van der Waals surface area contributed by atoms with Crippen LogP contribution in [0.2, 0.25) is 0 Å². The molecule has 3 N–H and O–H groups in total. The van der Waals surface area contributed by atoms with E-state index in [-0.39, 0.29) is 6.54 Å². The molecule has 122 valence electrons. The second-order valence-electron chi connectivity index (χ2n) is 5.43. The molecule has 0 aliphatic rings. The quantitative estimate of drug-likeness (QED) is 0.787. The minimum atomic E-state index is -1.15. The molecule has 2 aromatic carbocycles. The van der Waals surface area contributed by atoms with Crippen LogP contribution >= 0.6 is 0 Å². The van der Waals surface area contributed by atoms with E-state index in [1.54, 1.807) is 37.4 Å². The van der Waals surface area contributed by atoms with Crippen molar-refractivity contribution in [2.75, 3.05) is 18.1 Å². The highest BCUT2D eigenvalue weighted by molar-refractivity contribution is 7.84. The number of hydrogen-bond acceptors (Lipinski definition) is 3. The molecule has 0 aliphatic carbocycles. The van der Waals surface area contributed by atoms with Crippen LogP contribution in [-0.4, -0.2) is 28.1 Å².